The number of methoxy groups -OCH3 is 1. The topological polar surface area (TPSA) is 59.3 Å². The van der Waals surface area contributed by atoms with E-state index < -0.39 is 0 Å². The van der Waals surface area contributed by atoms with E-state index in [1.807, 2.05) is 49.4 Å². The summed E-state index contributed by atoms with van der Waals surface area (Å²) >= 11 is 0. The van der Waals surface area contributed by atoms with Crippen LogP contribution in [-0.2, 0) is 11.2 Å². The molecule has 1 aliphatic rings. The fourth-order valence-corrected chi connectivity index (χ4v) is 3.87. The molecule has 1 aliphatic carbocycles. The third kappa shape index (κ3) is 5.36. The summed E-state index contributed by atoms with van der Waals surface area (Å²) in [7, 11) is 1.64. The van der Waals surface area contributed by atoms with Crippen LogP contribution in [0.5, 0.6) is 11.5 Å². The van der Waals surface area contributed by atoms with Crippen molar-refractivity contribution in [3.05, 3.63) is 59.2 Å². The SMILES string of the molecule is COc1cccc(CC(=O)CC2CCC(Oc3ccc(C)cc3C#N)CC2)c1. The van der Waals surface area contributed by atoms with E-state index in [4.69, 9.17) is 9.47 Å². The first-order chi connectivity index (χ1) is 13.6. The summed E-state index contributed by atoms with van der Waals surface area (Å²) in [5.41, 5.74) is 2.66. The molecule has 0 aliphatic heterocycles. The third-order valence-electron chi connectivity index (χ3n) is 5.39. The maximum absolute atomic E-state index is 12.5. The average Bonchev–Trinajstić information content (AvgIpc) is 2.70. The Labute approximate surface area is 167 Å². The number of ketones is 1. The molecule has 2 aromatic rings. The Bertz CT molecular complexity index is 860. The van der Waals surface area contributed by atoms with Crippen LogP contribution in [0.1, 0.15) is 48.8 Å². The van der Waals surface area contributed by atoms with E-state index in [1.165, 1.54) is 0 Å². The van der Waals surface area contributed by atoms with Crippen molar-refractivity contribution in [3.63, 3.8) is 0 Å². The van der Waals surface area contributed by atoms with E-state index in [9.17, 15) is 10.1 Å². The normalized spacial score (nSPS) is 18.9. The number of hydrogen-bond acceptors (Lipinski definition) is 4. The second-order valence-corrected chi connectivity index (χ2v) is 7.64. The van der Waals surface area contributed by atoms with Crippen LogP contribution in [0.4, 0.5) is 0 Å². The molecular formula is C24H27NO3. The number of carbonyl (C=O) groups is 1. The molecule has 0 heterocycles. The van der Waals surface area contributed by atoms with Crippen LogP contribution in [0.15, 0.2) is 42.5 Å². The minimum absolute atomic E-state index is 0.125. The third-order valence-corrected chi connectivity index (χ3v) is 5.39. The molecule has 4 heteroatoms. The Morgan fingerprint density at radius 2 is 1.93 bits per heavy atom. The monoisotopic (exact) mass is 377 g/mol. The molecule has 0 aromatic heterocycles. The first kappa shape index (κ1) is 19.9. The maximum Gasteiger partial charge on any atom is 0.137 e. The Kier molecular flexibility index (Phi) is 6.71. The van der Waals surface area contributed by atoms with E-state index in [1.54, 1.807) is 7.11 Å². The van der Waals surface area contributed by atoms with E-state index in [0.29, 0.717) is 30.1 Å². The second-order valence-electron chi connectivity index (χ2n) is 7.64. The Balaban J connectivity index is 1.47. The van der Waals surface area contributed by atoms with Crippen LogP contribution < -0.4 is 9.47 Å². The lowest BCUT2D eigenvalue weighted by Gasteiger charge is -2.29. The van der Waals surface area contributed by atoms with Crippen molar-refractivity contribution in [1.82, 2.24) is 0 Å². The van der Waals surface area contributed by atoms with Gasteiger partial charge in [0.1, 0.15) is 23.4 Å². The highest BCUT2D eigenvalue weighted by atomic mass is 16.5. The summed E-state index contributed by atoms with van der Waals surface area (Å²) in [6, 6.07) is 15.6. The number of ether oxygens (including phenoxy) is 2. The molecule has 0 N–H and O–H groups in total. The van der Waals surface area contributed by atoms with Crippen LogP contribution in [0.3, 0.4) is 0 Å². The molecule has 0 saturated heterocycles. The van der Waals surface area contributed by atoms with E-state index in [0.717, 1.165) is 42.6 Å². The first-order valence-electron chi connectivity index (χ1n) is 9.89. The van der Waals surface area contributed by atoms with Gasteiger partial charge in [-0.1, -0.05) is 18.2 Å². The van der Waals surface area contributed by atoms with Gasteiger partial charge in [-0.25, -0.2) is 0 Å². The molecule has 2 aromatic carbocycles. The van der Waals surface area contributed by atoms with Crippen LogP contribution in [0.25, 0.3) is 0 Å². The molecule has 0 radical (unpaired) electrons. The largest absolute Gasteiger partial charge is 0.497 e. The van der Waals surface area contributed by atoms with Crippen molar-refractivity contribution in [2.45, 2.75) is 51.6 Å². The van der Waals surface area contributed by atoms with Crippen LogP contribution in [0.2, 0.25) is 0 Å². The predicted octanol–water partition coefficient (Wildman–Crippen LogP) is 5.01. The first-order valence-corrected chi connectivity index (χ1v) is 9.89. The van der Waals surface area contributed by atoms with Gasteiger partial charge < -0.3 is 9.47 Å². The molecule has 0 bridgehead atoms. The molecule has 1 fully saturated rings. The summed E-state index contributed by atoms with van der Waals surface area (Å²) in [5, 5.41) is 9.29. The fraction of sp³-hybridized carbons (Fsp3) is 0.417. The van der Waals surface area contributed by atoms with Gasteiger partial charge in [-0.05, 0) is 73.9 Å². The van der Waals surface area contributed by atoms with Crippen LogP contribution in [-0.4, -0.2) is 19.0 Å². The highest BCUT2D eigenvalue weighted by Crippen LogP contribution is 2.31. The standard InChI is InChI=1S/C24H27NO3/c1-17-6-11-24(20(12-17)16-25)28-22-9-7-18(8-10-22)13-21(26)14-19-4-3-5-23(15-19)27-2/h3-6,11-12,15,18,22H,7-10,13-14H2,1-2H3. The van der Waals surface area contributed by atoms with E-state index in [-0.39, 0.29) is 11.9 Å². The minimum Gasteiger partial charge on any atom is -0.497 e. The molecule has 0 unspecified atom stereocenters. The molecule has 4 nitrogen and oxygen atoms in total. The molecule has 1 saturated carbocycles. The zero-order valence-corrected chi connectivity index (χ0v) is 16.6. The van der Waals surface area contributed by atoms with Gasteiger partial charge in [0.05, 0.1) is 18.8 Å². The number of aryl methyl sites for hydroxylation is 1. The summed E-state index contributed by atoms with van der Waals surface area (Å²) in [5.74, 6) is 2.16. The molecule has 3 rings (SSSR count). The van der Waals surface area contributed by atoms with Crippen molar-refractivity contribution in [2.75, 3.05) is 7.11 Å². The summed E-state index contributed by atoms with van der Waals surface area (Å²) in [6.07, 6.45) is 5.04. The smallest absolute Gasteiger partial charge is 0.137 e. The van der Waals surface area contributed by atoms with Crippen molar-refractivity contribution in [1.29, 1.82) is 5.26 Å². The fourth-order valence-electron chi connectivity index (χ4n) is 3.87. The number of carbonyl (C=O) groups excluding carboxylic acids is 1. The number of nitrogens with zero attached hydrogens (tertiary/aromatic N) is 1. The van der Waals surface area contributed by atoms with Crippen molar-refractivity contribution >= 4 is 5.78 Å². The highest BCUT2D eigenvalue weighted by molar-refractivity contribution is 5.81. The molecule has 28 heavy (non-hydrogen) atoms. The van der Waals surface area contributed by atoms with Crippen LogP contribution in [0, 0.1) is 24.2 Å². The summed E-state index contributed by atoms with van der Waals surface area (Å²) < 4.78 is 11.3. The van der Waals surface area contributed by atoms with Crippen molar-refractivity contribution in [2.24, 2.45) is 5.92 Å². The summed E-state index contributed by atoms with van der Waals surface area (Å²) in [4.78, 5) is 12.5. The zero-order chi connectivity index (χ0) is 19.9. The zero-order valence-electron chi connectivity index (χ0n) is 16.6. The number of nitriles is 1. The molecule has 0 amide bonds. The lowest BCUT2D eigenvalue weighted by Crippen LogP contribution is -2.26. The van der Waals surface area contributed by atoms with Gasteiger partial charge in [-0.2, -0.15) is 5.26 Å². The maximum atomic E-state index is 12.5. The summed E-state index contributed by atoms with van der Waals surface area (Å²) in [6.45, 7) is 1.97. The van der Waals surface area contributed by atoms with E-state index >= 15 is 0 Å². The van der Waals surface area contributed by atoms with Gasteiger partial charge in [0.2, 0.25) is 0 Å². The van der Waals surface area contributed by atoms with Gasteiger partial charge in [-0.15, -0.1) is 0 Å². The molecular weight excluding hydrogens is 350 g/mol. The Morgan fingerprint density at radius 3 is 2.64 bits per heavy atom. The molecule has 146 valence electrons. The van der Waals surface area contributed by atoms with E-state index in [2.05, 4.69) is 6.07 Å². The van der Waals surface area contributed by atoms with Crippen LogP contribution >= 0.6 is 0 Å². The minimum atomic E-state index is 0.125. The second kappa shape index (κ2) is 9.41. The highest BCUT2D eigenvalue weighted by Gasteiger charge is 2.25. The molecule has 0 atom stereocenters. The Morgan fingerprint density at radius 1 is 1.14 bits per heavy atom. The van der Waals surface area contributed by atoms with Crippen molar-refractivity contribution in [3.8, 4) is 17.6 Å². The molecule has 0 spiro atoms. The lowest BCUT2D eigenvalue weighted by atomic mass is 9.83. The lowest BCUT2D eigenvalue weighted by molar-refractivity contribution is -0.119. The number of hydrogen-bond donors (Lipinski definition) is 0. The predicted molar refractivity (Wildman–Crippen MR) is 109 cm³/mol. The number of rotatable bonds is 7. The number of benzene rings is 2. The van der Waals surface area contributed by atoms with Gasteiger partial charge in [0.15, 0.2) is 0 Å². The number of Topliss-reactive ketones (excluding diaryl/α,β-unsaturated/α-hetero) is 1. The van der Waals surface area contributed by atoms with Gasteiger partial charge >= 0.3 is 0 Å². The average molecular weight is 377 g/mol. The van der Waals surface area contributed by atoms with Gasteiger partial charge in [-0.3, -0.25) is 4.79 Å². The quantitative estimate of drug-likeness (QED) is 0.680. The van der Waals surface area contributed by atoms with Gasteiger partial charge in [0.25, 0.3) is 0 Å². The van der Waals surface area contributed by atoms with Crippen molar-refractivity contribution < 1.29 is 14.3 Å². The van der Waals surface area contributed by atoms with Gasteiger partial charge in [0, 0.05) is 12.8 Å². The Hall–Kier alpha value is -2.80.